The lowest BCUT2D eigenvalue weighted by Crippen LogP contribution is -2.35. The van der Waals surface area contributed by atoms with E-state index in [2.05, 4.69) is 33.2 Å². The van der Waals surface area contributed by atoms with Crippen molar-refractivity contribution in [3.8, 4) is 0 Å². The molecule has 1 aromatic rings. The van der Waals surface area contributed by atoms with E-state index < -0.39 is 11.6 Å². The normalized spacial score (nSPS) is 20.6. The molecule has 1 aliphatic rings. The van der Waals surface area contributed by atoms with Crippen LogP contribution >= 0.6 is 15.9 Å². The molecule has 1 heterocycles. The van der Waals surface area contributed by atoms with Gasteiger partial charge in [-0.2, -0.15) is 0 Å². The Kier molecular flexibility index (Phi) is 4.70. The molecule has 18 heavy (non-hydrogen) atoms. The summed E-state index contributed by atoms with van der Waals surface area (Å²) in [4.78, 5) is 2.28. The molecule has 1 aliphatic heterocycles. The van der Waals surface area contributed by atoms with Crippen molar-refractivity contribution in [1.82, 2.24) is 10.2 Å². The Labute approximate surface area is 114 Å². The van der Waals surface area contributed by atoms with Crippen LogP contribution in [0.25, 0.3) is 0 Å². The quantitative estimate of drug-likeness (QED) is 0.859. The molecule has 100 valence electrons. The lowest BCUT2D eigenvalue weighted by Gasteiger charge is -2.20. The molecule has 0 aromatic heterocycles. The van der Waals surface area contributed by atoms with E-state index in [1.54, 1.807) is 0 Å². The third-order valence-corrected chi connectivity index (χ3v) is 4.10. The van der Waals surface area contributed by atoms with Gasteiger partial charge in [0.25, 0.3) is 0 Å². The van der Waals surface area contributed by atoms with E-state index in [9.17, 15) is 8.78 Å². The Balaban J connectivity index is 1.92. The number of likely N-dealkylation sites (N-methyl/N-ethyl adjacent to an activating group) is 1. The van der Waals surface area contributed by atoms with Crippen LogP contribution in [0.15, 0.2) is 16.6 Å². The first-order valence-corrected chi connectivity index (χ1v) is 6.92. The lowest BCUT2D eigenvalue weighted by atomic mass is 10.2. The minimum absolute atomic E-state index is 0.102. The van der Waals surface area contributed by atoms with Gasteiger partial charge in [0.1, 0.15) is 11.6 Å². The Morgan fingerprint density at radius 3 is 2.89 bits per heavy atom. The van der Waals surface area contributed by atoms with Crippen LogP contribution in [-0.2, 0) is 6.54 Å². The summed E-state index contributed by atoms with van der Waals surface area (Å²) in [6, 6.07) is 3.15. The molecule has 2 nitrogen and oxygen atoms in total. The average molecular weight is 319 g/mol. The fraction of sp³-hybridized carbons (Fsp3) is 0.538. The molecular weight excluding hydrogens is 302 g/mol. The summed E-state index contributed by atoms with van der Waals surface area (Å²) in [6.45, 7) is 2.09. The highest BCUT2D eigenvalue weighted by Crippen LogP contribution is 2.21. The van der Waals surface area contributed by atoms with Crippen molar-refractivity contribution in [2.75, 3.05) is 20.1 Å². The zero-order chi connectivity index (χ0) is 13.1. The largest absolute Gasteiger partial charge is 0.311 e. The summed E-state index contributed by atoms with van der Waals surface area (Å²) in [5.41, 5.74) is 0.102. The number of hydrogen-bond donors (Lipinski definition) is 1. The fourth-order valence-electron chi connectivity index (χ4n) is 2.33. The van der Waals surface area contributed by atoms with Crippen LogP contribution in [0.3, 0.4) is 0 Å². The van der Waals surface area contributed by atoms with Crippen molar-refractivity contribution in [3.05, 3.63) is 33.8 Å². The molecule has 1 fully saturated rings. The first kappa shape index (κ1) is 13.9. The average Bonchev–Trinajstić information content (AvgIpc) is 2.74. The standard InChI is InChI=1S/C13H17BrF2N2/c1-18-6-2-3-9(18)7-17-8-10-12(15)5-4-11(14)13(10)16/h4-5,9,17H,2-3,6-8H2,1H3. The van der Waals surface area contributed by atoms with Crippen LogP contribution in [0.5, 0.6) is 0 Å². The number of nitrogens with zero attached hydrogens (tertiary/aromatic N) is 1. The second-order valence-corrected chi connectivity index (χ2v) is 5.58. The van der Waals surface area contributed by atoms with Crippen LogP contribution in [0.1, 0.15) is 18.4 Å². The van der Waals surface area contributed by atoms with E-state index in [1.165, 1.54) is 18.6 Å². The van der Waals surface area contributed by atoms with Crippen molar-refractivity contribution >= 4 is 15.9 Å². The molecule has 0 radical (unpaired) electrons. The fourth-order valence-corrected chi connectivity index (χ4v) is 2.70. The van der Waals surface area contributed by atoms with Gasteiger partial charge in [0, 0.05) is 24.7 Å². The van der Waals surface area contributed by atoms with E-state index in [-0.39, 0.29) is 12.1 Å². The van der Waals surface area contributed by atoms with Gasteiger partial charge in [-0.05, 0) is 54.5 Å². The highest BCUT2D eigenvalue weighted by molar-refractivity contribution is 9.10. The molecule has 0 aliphatic carbocycles. The van der Waals surface area contributed by atoms with Gasteiger partial charge in [-0.25, -0.2) is 8.78 Å². The molecule has 5 heteroatoms. The maximum atomic E-state index is 13.7. The molecule has 0 amide bonds. The molecule has 0 spiro atoms. The highest BCUT2D eigenvalue weighted by atomic mass is 79.9. The molecular formula is C13H17BrF2N2. The van der Waals surface area contributed by atoms with Gasteiger partial charge in [-0.3, -0.25) is 0 Å². The van der Waals surface area contributed by atoms with Crippen molar-refractivity contribution in [1.29, 1.82) is 0 Å². The maximum Gasteiger partial charge on any atom is 0.144 e. The van der Waals surface area contributed by atoms with Crippen molar-refractivity contribution in [3.63, 3.8) is 0 Å². The molecule has 1 saturated heterocycles. The number of hydrogen-bond acceptors (Lipinski definition) is 2. The smallest absolute Gasteiger partial charge is 0.144 e. The zero-order valence-electron chi connectivity index (χ0n) is 10.3. The van der Waals surface area contributed by atoms with Gasteiger partial charge in [-0.15, -0.1) is 0 Å². The van der Waals surface area contributed by atoms with E-state index in [0.717, 1.165) is 19.5 Å². The number of rotatable bonds is 4. The Morgan fingerprint density at radius 1 is 1.44 bits per heavy atom. The number of benzene rings is 1. The Hall–Kier alpha value is -0.520. The monoisotopic (exact) mass is 318 g/mol. The summed E-state index contributed by atoms with van der Waals surface area (Å²) in [7, 11) is 2.08. The Bertz CT molecular complexity index is 426. The minimum atomic E-state index is -0.512. The zero-order valence-corrected chi connectivity index (χ0v) is 11.9. The first-order chi connectivity index (χ1) is 8.59. The van der Waals surface area contributed by atoms with E-state index in [1.807, 2.05) is 0 Å². The van der Waals surface area contributed by atoms with Gasteiger partial charge in [0.15, 0.2) is 0 Å². The van der Waals surface area contributed by atoms with Gasteiger partial charge in [0.2, 0.25) is 0 Å². The number of halogens is 3. The summed E-state index contributed by atoms with van der Waals surface area (Å²) < 4.78 is 27.5. The maximum absolute atomic E-state index is 13.7. The molecule has 1 N–H and O–H groups in total. The van der Waals surface area contributed by atoms with E-state index in [4.69, 9.17) is 0 Å². The van der Waals surface area contributed by atoms with E-state index >= 15 is 0 Å². The SMILES string of the molecule is CN1CCCC1CNCc1c(F)ccc(Br)c1F. The second-order valence-electron chi connectivity index (χ2n) is 4.73. The lowest BCUT2D eigenvalue weighted by molar-refractivity contribution is 0.299. The van der Waals surface area contributed by atoms with Crippen LogP contribution < -0.4 is 5.32 Å². The van der Waals surface area contributed by atoms with Crippen molar-refractivity contribution < 1.29 is 8.78 Å². The summed E-state index contributed by atoms with van der Waals surface area (Å²) in [6.07, 6.45) is 2.34. The molecule has 1 atom stereocenters. The topological polar surface area (TPSA) is 15.3 Å². The third-order valence-electron chi connectivity index (χ3n) is 3.49. The summed E-state index contributed by atoms with van der Waals surface area (Å²) in [5.74, 6) is -1.01. The van der Waals surface area contributed by atoms with Gasteiger partial charge in [0.05, 0.1) is 4.47 Å². The molecule has 2 rings (SSSR count). The second kappa shape index (κ2) is 6.08. The van der Waals surface area contributed by atoms with Crippen molar-refractivity contribution in [2.45, 2.75) is 25.4 Å². The molecule has 0 bridgehead atoms. The third kappa shape index (κ3) is 3.08. The van der Waals surface area contributed by atoms with Crippen LogP contribution in [0, 0.1) is 11.6 Å². The highest BCUT2D eigenvalue weighted by Gasteiger charge is 2.20. The molecule has 1 unspecified atom stereocenters. The Morgan fingerprint density at radius 2 is 2.22 bits per heavy atom. The van der Waals surface area contributed by atoms with Gasteiger partial charge >= 0.3 is 0 Å². The van der Waals surface area contributed by atoms with E-state index in [0.29, 0.717) is 10.5 Å². The van der Waals surface area contributed by atoms with Gasteiger partial charge in [-0.1, -0.05) is 0 Å². The van der Waals surface area contributed by atoms with Crippen LogP contribution in [-0.4, -0.2) is 31.1 Å². The summed E-state index contributed by atoms with van der Waals surface area (Å²) in [5, 5.41) is 3.14. The number of nitrogens with one attached hydrogen (secondary N) is 1. The molecule has 0 saturated carbocycles. The van der Waals surface area contributed by atoms with Crippen LogP contribution in [0.2, 0.25) is 0 Å². The van der Waals surface area contributed by atoms with Crippen molar-refractivity contribution in [2.24, 2.45) is 0 Å². The van der Waals surface area contributed by atoms with Crippen LogP contribution in [0.4, 0.5) is 8.78 Å². The summed E-state index contributed by atoms with van der Waals surface area (Å²) >= 11 is 3.07. The molecule has 1 aromatic carbocycles. The predicted octanol–water partition coefficient (Wildman–Crippen LogP) is 2.91. The number of likely N-dealkylation sites (tertiary alicyclic amines) is 1. The predicted molar refractivity (Wildman–Crippen MR) is 71.4 cm³/mol. The first-order valence-electron chi connectivity index (χ1n) is 6.13. The van der Waals surface area contributed by atoms with Gasteiger partial charge < -0.3 is 10.2 Å². The minimum Gasteiger partial charge on any atom is -0.311 e.